The average molecular weight is 1200 g/mol. The van der Waals surface area contributed by atoms with Gasteiger partial charge in [0.15, 0.2) is 0 Å². The van der Waals surface area contributed by atoms with Gasteiger partial charge in [-0.3, -0.25) is 77.0 Å². The number of H-pyrrole nitrogens is 1. The molecule has 3 aromatic rings. The number of rotatable bonds is 44. The van der Waals surface area contributed by atoms with Crippen LogP contribution in [-0.4, -0.2) is 255 Å². The number of carbonyl (C=O) groups is 12. The Morgan fingerprint density at radius 1 is 0.624 bits per heavy atom. The van der Waals surface area contributed by atoms with E-state index in [9.17, 15) is 87.5 Å². The molecule has 85 heavy (non-hydrogen) atoms. The number of hydrogen-bond acceptors (Lipinski definition) is 22. The summed E-state index contributed by atoms with van der Waals surface area (Å²) in [6.45, 7) is -0.916. The molecule has 0 radical (unpaired) electrons. The van der Waals surface area contributed by atoms with Crippen molar-refractivity contribution in [3.8, 4) is 0 Å². The predicted molar refractivity (Wildman–Crippen MR) is 296 cm³/mol. The lowest BCUT2D eigenvalue weighted by molar-refractivity contribution is -0.141. The number of aromatic amines is 1. The van der Waals surface area contributed by atoms with Crippen molar-refractivity contribution < 1.29 is 88.2 Å². The zero-order valence-electron chi connectivity index (χ0n) is 46.5. The molecule has 0 aliphatic heterocycles. The van der Waals surface area contributed by atoms with Crippen molar-refractivity contribution in [1.29, 1.82) is 0 Å². The molecule has 466 valence electrons. The van der Waals surface area contributed by atoms with Crippen LogP contribution in [0, 0.1) is 0 Å². The number of amides is 6. The first-order chi connectivity index (χ1) is 40.3. The van der Waals surface area contributed by atoms with E-state index in [-0.39, 0.29) is 108 Å². The van der Waals surface area contributed by atoms with Crippen molar-refractivity contribution in [2.45, 2.75) is 75.3 Å². The fourth-order valence-electron chi connectivity index (χ4n) is 8.11. The number of carboxylic acid groups (broad SMARTS) is 5. The highest BCUT2D eigenvalue weighted by Crippen LogP contribution is 2.15. The number of carbonyl (C=O) groups excluding carboxylic acids is 7. The number of aldehydes is 1. The Balaban J connectivity index is 1.57. The lowest BCUT2D eigenvalue weighted by Crippen LogP contribution is -2.60. The molecule has 34 nitrogen and oxygen atoms in total. The van der Waals surface area contributed by atoms with Gasteiger partial charge in [-0.1, -0.05) is 30.3 Å². The standard InChI is InChI=1S/C51H72N14O20/c1-29(46(79)60-34(20-31-22-52-28-57-31)49(82)62-36(27-67)50(83)61-33(47(80)56-24-39(71)72)19-30-7-4-3-5-8-30)58-48(81)35(21-38(69)70)59-37(68)23-55-43-42(44(77)45(43)78)54-10-6-9-32(51(84)85)53-11-12-64(17-18-66)15-16-65(26-41(75)76)14-13-63(2)25-40(73)74/h3-5,7-8,18,22,28-29,32-36,53-55,67H,6,9-17,19-21,23-27H2,1-2H3,(H,52,57)(H,56,80)(H,58,81)(H,59,68)(H,60,79)(H,61,83)(H,62,82)(H,69,70)(H,71,72)(H,73,74)(H,75,76)(H,84,85)/t29-,32?,33-,34-,35-,36-/m0/s1. The van der Waals surface area contributed by atoms with E-state index in [0.717, 1.165) is 6.92 Å². The van der Waals surface area contributed by atoms with Crippen LogP contribution in [0.2, 0.25) is 0 Å². The van der Waals surface area contributed by atoms with E-state index < -0.39 is 139 Å². The first-order valence-electron chi connectivity index (χ1n) is 26.4. The number of benzene rings is 1. The van der Waals surface area contributed by atoms with Gasteiger partial charge in [0.05, 0.1) is 45.5 Å². The minimum absolute atomic E-state index is 0.00700. The van der Waals surface area contributed by atoms with Crippen LogP contribution in [0.5, 0.6) is 0 Å². The van der Waals surface area contributed by atoms with E-state index in [4.69, 9.17) is 10.2 Å². The van der Waals surface area contributed by atoms with Gasteiger partial charge < -0.3 is 88.3 Å². The lowest BCUT2D eigenvalue weighted by Gasteiger charge is -2.27. The van der Waals surface area contributed by atoms with Crippen molar-refractivity contribution in [2.75, 3.05) is 103 Å². The Hall–Kier alpha value is -9.25. The maximum absolute atomic E-state index is 13.7. The number of nitrogens with one attached hydrogen (secondary N) is 10. The summed E-state index contributed by atoms with van der Waals surface area (Å²) >= 11 is 0. The highest BCUT2D eigenvalue weighted by atomic mass is 16.4. The third-order valence-corrected chi connectivity index (χ3v) is 12.6. The van der Waals surface area contributed by atoms with Gasteiger partial charge in [-0.15, -0.1) is 0 Å². The van der Waals surface area contributed by atoms with Crippen LogP contribution < -0.4 is 58.7 Å². The Labute approximate surface area is 484 Å². The third-order valence-electron chi connectivity index (χ3n) is 12.6. The van der Waals surface area contributed by atoms with Crippen LogP contribution in [-0.2, 0) is 70.4 Å². The Morgan fingerprint density at radius 3 is 1.82 bits per heavy atom. The van der Waals surface area contributed by atoms with Crippen LogP contribution in [0.4, 0.5) is 11.4 Å². The molecular formula is C51H72N14O20. The molecule has 16 N–H and O–H groups in total. The van der Waals surface area contributed by atoms with Gasteiger partial charge in [0.25, 0.3) is 10.9 Å². The van der Waals surface area contributed by atoms with E-state index in [1.807, 2.05) is 0 Å². The molecule has 0 saturated heterocycles. The van der Waals surface area contributed by atoms with Crippen molar-refractivity contribution in [2.24, 2.45) is 0 Å². The minimum Gasteiger partial charge on any atom is -0.481 e. The molecule has 0 saturated carbocycles. The van der Waals surface area contributed by atoms with E-state index >= 15 is 0 Å². The molecule has 0 bridgehead atoms. The number of aliphatic hydroxyl groups excluding tert-OH is 1. The van der Waals surface area contributed by atoms with Crippen molar-refractivity contribution >= 4 is 83.0 Å². The average Bonchev–Trinajstić information content (AvgIpc) is 2.20. The van der Waals surface area contributed by atoms with Crippen molar-refractivity contribution in [1.82, 2.24) is 61.9 Å². The van der Waals surface area contributed by atoms with Gasteiger partial charge in [0, 0.05) is 70.5 Å². The first kappa shape index (κ1) is 70.0. The number of likely N-dealkylation sites (N-methyl/N-ethyl adjacent to an activating group) is 1. The van der Waals surface area contributed by atoms with Gasteiger partial charge in [0.2, 0.25) is 35.4 Å². The monoisotopic (exact) mass is 1200 g/mol. The highest BCUT2D eigenvalue weighted by Gasteiger charge is 2.33. The van der Waals surface area contributed by atoms with E-state index in [1.54, 1.807) is 47.2 Å². The van der Waals surface area contributed by atoms with Crippen LogP contribution >= 0.6 is 0 Å². The molecule has 0 aliphatic carbocycles. The second kappa shape index (κ2) is 36.4. The normalized spacial score (nSPS) is 13.3. The van der Waals surface area contributed by atoms with E-state index in [0.29, 0.717) is 11.8 Å². The molecule has 0 spiro atoms. The summed E-state index contributed by atoms with van der Waals surface area (Å²) in [6.07, 6.45) is 1.88. The fraction of sp³-hybridized carbons (Fsp3) is 0.510. The lowest BCUT2D eigenvalue weighted by atomic mass is 10.0. The second-order valence-corrected chi connectivity index (χ2v) is 19.3. The Kier molecular flexibility index (Phi) is 29.9. The molecule has 0 fully saturated rings. The number of imidazole rings is 1. The number of hydrogen-bond donors (Lipinski definition) is 16. The fourth-order valence-corrected chi connectivity index (χ4v) is 8.11. The summed E-state index contributed by atoms with van der Waals surface area (Å²) in [6, 6.07) is -0.877. The van der Waals surface area contributed by atoms with Crippen LogP contribution in [0.3, 0.4) is 0 Å². The zero-order chi connectivity index (χ0) is 63.2. The molecule has 6 atom stereocenters. The van der Waals surface area contributed by atoms with Crippen LogP contribution in [0.1, 0.15) is 37.4 Å². The zero-order valence-corrected chi connectivity index (χ0v) is 46.5. The summed E-state index contributed by atoms with van der Waals surface area (Å²) in [5, 5.41) is 78.7. The van der Waals surface area contributed by atoms with Gasteiger partial charge in [-0.2, -0.15) is 0 Å². The topological polar surface area (TPSA) is 507 Å². The number of nitrogens with zero attached hydrogens (tertiary/aromatic N) is 4. The number of aliphatic carboxylic acids is 5. The summed E-state index contributed by atoms with van der Waals surface area (Å²) in [7, 11) is 1.57. The smallest absolute Gasteiger partial charge is 0.322 e. The Bertz CT molecular complexity index is 2830. The molecule has 3 rings (SSSR count). The molecule has 1 unspecified atom stereocenters. The first-order valence-corrected chi connectivity index (χ1v) is 26.4. The molecule has 34 heteroatoms. The molecule has 6 amide bonds. The van der Waals surface area contributed by atoms with Crippen molar-refractivity contribution in [3.63, 3.8) is 0 Å². The SMILES string of the molecule is C[C@H](NC(=O)[C@H](CC(=O)O)NC(=O)CNc1c(NCCCC(NCCN(CC=O)CCN(CCN(C)CC(=O)O)CC(=O)O)C(=O)O)c(=O)c1=O)C(=O)N[C@@H](Cc1cnc[nH]1)C(=O)N[C@@H](CO)C(=O)N[C@@H](Cc1ccccc1)C(=O)NCC(=O)O. The maximum Gasteiger partial charge on any atom is 0.322 e. The number of aliphatic hydroxyl groups is 1. The summed E-state index contributed by atoms with van der Waals surface area (Å²) in [5.74, 6) is -12.6. The molecule has 1 aromatic heterocycles. The second-order valence-electron chi connectivity index (χ2n) is 19.3. The molecule has 1 heterocycles. The third kappa shape index (κ3) is 25.8. The van der Waals surface area contributed by atoms with Crippen molar-refractivity contribution in [3.05, 3.63) is 74.6 Å². The molecule has 0 aliphatic rings. The summed E-state index contributed by atoms with van der Waals surface area (Å²) < 4.78 is 0. The number of anilines is 2. The van der Waals surface area contributed by atoms with Crippen LogP contribution in [0.15, 0.2) is 52.4 Å². The largest absolute Gasteiger partial charge is 0.481 e. The Morgan fingerprint density at radius 2 is 1.22 bits per heavy atom. The van der Waals surface area contributed by atoms with E-state index in [1.165, 1.54) is 17.4 Å². The van der Waals surface area contributed by atoms with Crippen LogP contribution in [0.25, 0.3) is 0 Å². The summed E-state index contributed by atoms with van der Waals surface area (Å²) in [4.78, 5) is 185. The maximum atomic E-state index is 13.7. The minimum atomic E-state index is -1.84. The van der Waals surface area contributed by atoms with Gasteiger partial charge >= 0.3 is 29.8 Å². The van der Waals surface area contributed by atoms with Gasteiger partial charge in [-0.05, 0) is 32.4 Å². The van der Waals surface area contributed by atoms with E-state index in [2.05, 4.69) is 57.8 Å². The highest BCUT2D eigenvalue weighted by molar-refractivity contribution is 5.97. The van der Waals surface area contributed by atoms with Gasteiger partial charge in [0.1, 0.15) is 60.5 Å². The summed E-state index contributed by atoms with van der Waals surface area (Å²) in [5.41, 5.74) is -1.73. The molecule has 2 aromatic carbocycles. The molecular weight excluding hydrogens is 1130 g/mol. The predicted octanol–water partition coefficient (Wildman–Crippen LogP) is -6.85. The number of aromatic nitrogens is 2. The number of carboxylic acids is 5. The van der Waals surface area contributed by atoms with Gasteiger partial charge in [-0.25, -0.2) is 4.98 Å². The quantitative estimate of drug-likeness (QED) is 0.0142.